The number of carbonyl (C=O) groups is 2. The second-order valence-electron chi connectivity index (χ2n) is 7.70. The minimum Gasteiger partial charge on any atom is -0.335 e. The number of hydrogen-bond acceptors (Lipinski definition) is 5. The van der Waals surface area contributed by atoms with E-state index in [1.807, 2.05) is 26.2 Å². The van der Waals surface area contributed by atoms with Crippen molar-refractivity contribution in [3.8, 4) is 0 Å². The predicted octanol–water partition coefficient (Wildman–Crippen LogP) is 2.02. The van der Waals surface area contributed by atoms with E-state index in [4.69, 9.17) is 0 Å². The first kappa shape index (κ1) is 17.4. The van der Waals surface area contributed by atoms with Crippen molar-refractivity contribution in [2.45, 2.75) is 58.5 Å². The van der Waals surface area contributed by atoms with Crippen LogP contribution in [0.25, 0.3) is 0 Å². The molecule has 3 heterocycles. The predicted molar refractivity (Wildman–Crippen MR) is 95.0 cm³/mol. The Morgan fingerprint density at radius 1 is 1.33 bits per heavy atom. The third-order valence-corrected chi connectivity index (χ3v) is 5.53. The molecule has 2 atom stereocenters. The van der Waals surface area contributed by atoms with Crippen LogP contribution >= 0.6 is 11.3 Å². The molecule has 2 bridgehead atoms. The van der Waals surface area contributed by atoms with Crippen LogP contribution < -0.4 is 10.6 Å². The molecule has 2 amide bonds. The van der Waals surface area contributed by atoms with Crippen LogP contribution in [0.5, 0.6) is 0 Å². The van der Waals surface area contributed by atoms with Gasteiger partial charge in [-0.2, -0.15) is 0 Å². The Kier molecular flexibility index (Phi) is 4.92. The van der Waals surface area contributed by atoms with Gasteiger partial charge in [0, 0.05) is 29.4 Å². The molecule has 24 heavy (non-hydrogen) atoms. The zero-order valence-electron chi connectivity index (χ0n) is 14.6. The summed E-state index contributed by atoms with van der Waals surface area (Å²) in [5.74, 6) is 0.0940. The van der Waals surface area contributed by atoms with E-state index in [0.29, 0.717) is 23.6 Å². The molecule has 6 nitrogen and oxygen atoms in total. The lowest BCUT2D eigenvalue weighted by Crippen LogP contribution is -2.43. The largest absolute Gasteiger partial charge is 0.335 e. The Balaban J connectivity index is 1.62. The van der Waals surface area contributed by atoms with E-state index in [0.717, 1.165) is 38.0 Å². The average Bonchev–Trinajstić information content (AvgIpc) is 3.01. The number of carbonyl (C=O) groups excluding carboxylic acids is 2. The van der Waals surface area contributed by atoms with Crippen molar-refractivity contribution >= 4 is 28.3 Å². The van der Waals surface area contributed by atoms with Crippen molar-refractivity contribution < 1.29 is 9.59 Å². The fraction of sp³-hybridized carbons (Fsp3) is 0.706. The first-order chi connectivity index (χ1) is 11.3. The normalized spacial score (nSPS) is 23.9. The zero-order chi connectivity index (χ0) is 17.3. The lowest BCUT2D eigenvalue weighted by molar-refractivity contribution is -0.133. The average molecular weight is 350 g/mol. The molecule has 2 aliphatic heterocycles. The standard InChI is InChI=1S/C17H26N4O2S/c1-17(2,3)15(23)20-16-19-11(10-24-16)8-14(22)21-12-4-5-13(21)9-18-7-6-12/h10,12-13,18H,4-9H2,1-3H3,(H,19,20,23). The summed E-state index contributed by atoms with van der Waals surface area (Å²) in [7, 11) is 0. The van der Waals surface area contributed by atoms with E-state index < -0.39 is 5.41 Å². The van der Waals surface area contributed by atoms with Gasteiger partial charge in [-0.1, -0.05) is 20.8 Å². The highest BCUT2D eigenvalue weighted by molar-refractivity contribution is 7.13. The highest BCUT2D eigenvalue weighted by Crippen LogP contribution is 2.29. The Morgan fingerprint density at radius 3 is 2.83 bits per heavy atom. The summed E-state index contributed by atoms with van der Waals surface area (Å²) >= 11 is 1.38. The van der Waals surface area contributed by atoms with Crippen molar-refractivity contribution in [2.24, 2.45) is 5.41 Å². The molecule has 0 radical (unpaired) electrons. The van der Waals surface area contributed by atoms with Crippen LogP contribution in [-0.4, -0.2) is 46.9 Å². The van der Waals surface area contributed by atoms with Crippen LogP contribution in [0.15, 0.2) is 5.38 Å². The van der Waals surface area contributed by atoms with E-state index in [-0.39, 0.29) is 11.8 Å². The number of fused-ring (bicyclic) bond motifs is 2. The molecule has 132 valence electrons. The summed E-state index contributed by atoms with van der Waals surface area (Å²) in [6, 6.07) is 0.694. The summed E-state index contributed by atoms with van der Waals surface area (Å²) in [4.78, 5) is 31.3. The SMILES string of the molecule is CC(C)(C)C(=O)Nc1nc(CC(=O)N2C3CCNCC2CC3)cs1. The van der Waals surface area contributed by atoms with Crippen LogP contribution in [0, 0.1) is 5.41 Å². The molecule has 2 saturated heterocycles. The molecule has 2 N–H and O–H groups in total. The number of thiazole rings is 1. The smallest absolute Gasteiger partial charge is 0.231 e. The molecule has 1 aromatic heterocycles. The minimum atomic E-state index is -0.458. The molecule has 2 aliphatic rings. The monoisotopic (exact) mass is 350 g/mol. The summed E-state index contributed by atoms with van der Waals surface area (Å²) in [5.41, 5.74) is 0.283. The van der Waals surface area contributed by atoms with Gasteiger partial charge in [-0.3, -0.25) is 9.59 Å². The summed E-state index contributed by atoms with van der Waals surface area (Å²) in [6.07, 6.45) is 3.55. The van der Waals surface area contributed by atoms with E-state index in [1.165, 1.54) is 11.3 Å². The number of nitrogens with zero attached hydrogens (tertiary/aromatic N) is 2. The Morgan fingerprint density at radius 2 is 2.08 bits per heavy atom. The summed E-state index contributed by atoms with van der Waals surface area (Å²) in [5, 5.41) is 8.68. The molecule has 7 heteroatoms. The van der Waals surface area contributed by atoms with Gasteiger partial charge in [0.15, 0.2) is 5.13 Å². The van der Waals surface area contributed by atoms with E-state index in [1.54, 1.807) is 0 Å². The fourth-order valence-electron chi connectivity index (χ4n) is 3.37. The van der Waals surface area contributed by atoms with Crippen LogP contribution in [-0.2, 0) is 16.0 Å². The number of aromatic nitrogens is 1. The molecule has 1 aromatic rings. The van der Waals surface area contributed by atoms with Crippen molar-refractivity contribution in [1.82, 2.24) is 15.2 Å². The van der Waals surface area contributed by atoms with Crippen LogP contribution in [0.1, 0.15) is 45.7 Å². The van der Waals surface area contributed by atoms with Gasteiger partial charge in [-0.05, 0) is 25.8 Å². The minimum absolute atomic E-state index is 0.0636. The number of hydrogen-bond donors (Lipinski definition) is 2. The maximum atomic E-state index is 12.7. The van der Waals surface area contributed by atoms with Gasteiger partial charge >= 0.3 is 0 Å². The number of rotatable bonds is 3. The van der Waals surface area contributed by atoms with Crippen molar-refractivity contribution in [3.05, 3.63) is 11.1 Å². The second-order valence-corrected chi connectivity index (χ2v) is 8.56. The maximum absolute atomic E-state index is 12.7. The Hall–Kier alpha value is -1.47. The van der Waals surface area contributed by atoms with Gasteiger partial charge in [0.25, 0.3) is 0 Å². The van der Waals surface area contributed by atoms with Crippen molar-refractivity contribution in [2.75, 3.05) is 18.4 Å². The zero-order valence-corrected chi connectivity index (χ0v) is 15.4. The molecule has 2 unspecified atom stereocenters. The molecule has 3 rings (SSSR count). The first-order valence-corrected chi connectivity index (χ1v) is 9.50. The highest BCUT2D eigenvalue weighted by Gasteiger charge is 2.37. The van der Waals surface area contributed by atoms with Crippen LogP contribution in [0.3, 0.4) is 0 Å². The second kappa shape index (κ2) is 6.80. The van der Waals surface area contributed by atoms with Gasteiger partial charge in [0.1, 0.15) is 0 Å². The molecule has 0 spiro atoms. The molecule has 2 fully saturated rings. The van der Waals surface area contributed by atoms with Crippen molar-refractivity contribution in [1.29, 1.82) is 0 Å². The van der Waals surface area contributed by atoms with Gasteiger partial charge < -0.3 is 15.5 Å². The summed E-state index contributed by atoms with van der Waals surface area (Å²) < 4.78 is 0. The van der Waals surface area contributed by atoms with Gasteiger partial charge in [0.05, 0.1) is 12.1 Å². The number of amides is 2. The van der Waals surface area contributed by atoms with Gasteiger partial charge in [0.2, 0.25) is 11.8 Å². The Bertz CT molecular complexity index is 608. The van der Waals surface area contributed by atoms with E-state index in [2.05, 4.69) is 20.5 Å². The molecular formula is C17H26N4O2S. The van der Waals surface area contributed by atoms with Crippen LogP contribution in [0.2, 0.25) is 0 Å². The lowest BCUT2D eigenvalue weighted by atomic mass is 9.96. The van der Waals surface area contributed by atoms with Crippen LogP contribution in [0.4, 0.5) is 5.13 Å². The first-order valence-electron chi connectivity index (χ1n) is 8.62. The lowest BCUT2D eigenvalue weighted by Gasteiger charge is -2.27. The van der Waals surface area contributed by atoms with Crippen molar-refractivity contribution in [3.63, 3.8) is 0 Å². The van der Waals surface area contributed by atoms with E-state index in [9.17, 15) is 9.59 Å². The number of anilines is 1. The summed E-state index contributed by atoms with van der Waals surface area (Å²) in [6.45, 7) is 7.48. The molecule has 0 aliphatic carbocycles. The van der Waals surface area contributed by atoms with Gasteiger partial charge in [-0.15, -0.1) is 11.3 Å². The molecule has 0 aromatic carbocycles. The van der Waals surface area contributed by atoms with Gasteiger partial charge in [-0.25, -0.2) is 4.98 Å². The third-order valence-electron chi connectivity index (χ3n) is 4.73. The highest BCUT2D eigenvalue weighted by atomic mass is 32.1. The third kappa shape index (κ3) is 3.78. The molecular weight excluding hydrogens is 324 g/mol. The van der Waals surface area contributed by atoms with E-state index >= 15 is 0 Å². The number of nitrogens with one attached hydrogen (secondary N) is 2. The molecule has 0 saturated carbocycles. The maximum Gasteiger partial charge on any atom is 0.231 e. The quantitative estimate of drug-likeness (QED) is 0.875. The Labute approximate surface area is 147 Å². The topological polar surface area (TPSA) is 74.3 Å². The fourth-order valence-corrected chi connectivity index (χ4v) is 4.07.